The van der Waals surface area contributed by atoms with E-state index in [0.29, 0.717) is 0 Å². The van der Waals surface area contributed by atoms with E-state index in [-0.39, 0.29) is 29.6 Å². The molecule has 1 saturated carbocycles. The molecule has 108 valence electrons. The molecule has 2 amide bonds. The monoisotopic (exact) mass is 281 g/mol. The number of rotatable bonds is 1. The highest BCUT2D eigenvalue weighted by atomic mass is 16.2. The summed E-state index contributed by atoms with van der Waals surface area (Å²) in [5.74, 6) is 0.278. The molecule has 2 aliphatic carbocycles. The van der Waals surface area contributed by atoms with Gasteiger partial charge in [-0.1, -0.05) is 29.8 Å². The van der Waals surface area contributed by atoms with Crippen LogP contribution in [0.15, 0.2) is 30.4 Å². The fourth-order valence-electron chi connectivity index (χ4n) is 4.59. The molecule has 21 heavy (non-hydrogen) atoms. The Morgan fingerprint density at radius 1 is 1.19 bits per heavy atom. The number of anilines is 1. The first-order valence-corrected chi connectivity index (χ1v) is 7.58. The van der Waals surface area contributed by atoms with Crippen molar-refractivity contribution < 1.29 is 9.59 Å². The molecule has 3 heteroatoms. The number of nitrogens with zero attached hydrogens (tertiary/aromatic N) is 1. The Kier molecular flexibility index (Phi) is 2.35. The van der Waals surface area contributed by atoms with Crippen molar-refractivity contribution in [2.24, 2.45) is 23.2 Å². The molecule has 1 saturated heterocycles. The summed E-state index contributed by atoms with van der Waals surface area (Å²) in [6, 6.07) is 5.89. The number of aryl methyl sites for hydroxylation is 2. The summed E-state index contributed by atoms with van der Waals surface area (Å²) in [7, 11) is 0. The topological polar surface area (TPSA) is 37.4 Å². The maximum Gasteiger partial charge on any atom is 0.241 e. The molecule has 1 aromatic carbocycles. The second-order valence-electron chi connectivity index (χ2n) is 6.92. The maximum absolute atomic E-state index is 13.0. The number of imide groups is 1. The van der Waals surface area contributed by atoms with Crippen molar-refractivity contribution in [3.63, 3.8) is 0 Å². The molecule has 2 bridgehead atoms. The van der Waals surface area contributed by atoms with Crippen molar-refractivity contribution >= 4 is 17.5 Å². The van der Waals surface area contributed by atoms with E-state index in [1.165, 1.54) is 4.90 Å². The van der Waals surface area contributed by atoms with Crippen LogP contribution in [0.25, 0.3) is 0 Å². The summed E-state index contributed by atoms with van der Waals surface area (Å²) in [5.41, 5.74) is 2.35. The van der Waals surface area contributed by atoms with Crippen LogP contribution >= 0.6 is 0 Å². The number of benzene rings is 1. The van der Waals surface area contributed by atoms with E-state index in [1.807, 2.05) is 39.0 Å². The molecule has 0 unspecified atom stereocenters. The van der Waals surface area contributed by atoms with Crippen LogP contribution in [0.4, 0.5) is 5.69 Å². The zero-order valence-electron chi connectivity index (χ0n) is 12.6. The highest BCUT2D eigenvalue weighted by Gasteiger charge is 2.67. The summed E-state index contributed by atoms with van der Waals surface area (Å²) >= 11 is 0. The third-order valence-electron chi connectivity index (χ3n) is 5.70. The van der Waals surface area contributed by atoms with Crippen LogP contribution in [0.3, 0.4) is 0 Å². The van der Waals surface area contributed by atoms with Gasteiger partial charge in [0.1, 0.15) is 0 Å². The van der Waals surface area contributed by atoms with Crippen molar-refractivity contribution in [3.05, 3.63) is 41.5 Å². The van der Waals surface area contributed by atoms with Crippen LogP contribution < -0.4 is 4.90 Å². The van der Waals surface area contributed by atoms with Gasteiger partial charge in [0.15, 0.2) is 0 Å². The zero-order chi connectivity index (χ0) is 14.9. The molecule has 1 aromatic rings. The maximum atomic E-state index is 13.0. The first-order chi connectivity index (χ1) is 9.94. The third kappa shape index (κ3) is 1.39. The Morgan fingerprint density at radius 3 is 2.62 bits per heavy atom. The van der Waals surface area contributed by atoms with Crippen LogP contribution in [-0.2, 0) is 9.59 Å². The van der Waals surface area contributed by atoms with E-state index >= 15 is 0 Å². The molecule has 1 aliphatic heterocycles. The summed E-state index contributed by atoms with van der Waals surface area (Å²) < 4.78 is 0. The summed E-state index contributed by atoms with van der Waals surface area (Å²) in [5, 5.41) is 0. The van der Waals surface area contributed by atoms with Gasteiger partial charge in [-0.05, 0) is 50.7 Å². The molecule has 0 radical (unpaired) electrons. The van der Waals surface area contributed by atoms with E-state index in [1.54, 1.807) is 0 Å². The second kappa shape index (κ2) is 3.85. The standard InChI is InChI=1S/C18H19NO2/c1-10-4-7-14(11(2)8-10)19-16(20)15-12-5-6-13(9-12)18(15,3)17(19)21/h4-8,12-13,15H,9H2,1-3H3/t12-,13-,15+,18-/m0/s1. The Morgan fingerprint density at radius 2 is 1.95 bits per heavy atom. The Labute approximate surface area is 124 Å². The molecule has 0 aromatic heterocycles. The van der Waals surface area contributed by atoms with Gasteiger partial charge in [0.2, 0.25) is 11.8 Å². The van der Waals surface area contributed by atoms with Crippen LogP contribution in [0.2, 0.25) is 0 Å². The average Bonchev–Trinajstić information content (AvgIpc) is 3.05. The number of hydrogen-bond acceptors (Lipinski definition) is 2. The second-order valence-corrected chi connectivity index (χ2v) is 6.92. The number of fused-ring (bicyclic) bond motifs is 5. The van der Waals surface area contributed by atoms with Crippen LogP contribution in [-0.4, -0.2) is 11.8 Å². The molecule has 4 rings (SSSR count). The number of allylic oxidation sites excluding steroid dienone is 2. The summed E-state index contributed by atoms with van der Waals surface area (Å²) in [4.78, 5) is 27.4. The number of carbonyl (C=O) groups is 2. The normalized spacial score (nSPS) is 36.7. The van der Waals surface area contributed by atoms with Gasteiger partial charge in [0.25, 0.3) is 0 Å². The van der Waals surface area contributed by atoms with E-state index < -0.39 is 5.41 Å². The Balaban J connectivity index is 1.83. The average molecular weight is 281 g/mol. The first-order valence-electron chi connectivity index (χ1n) is 7.58. The molecule has 1 heterocycles. The minimum atomic E-state index is -0.534. The third-order valence-corrected chi connectivity index (χ3v) is 5.70. The lowest BCUT2D eigenvalue weighted by atomic mass is 9.71. The highest BCUT2D eigenvalue weighted by Crippen LogP contribution is 2.61. The van der Waals surface area contributed by atoms with Gasteiger partial charge in [-0.2, -0.15) is 0 Å². The van der Waals surface area contributed by atoms with Gasteiger partial charge in [-0.15, -0.1) is 0 Å². The van der Waals surface area contributed by atoms with E-state index in [4.69, 9.17) is 0 Å². The zero-order valence-corrected chi connectivity index (χ0v) is 12.6. The Hall–Kier alpha value is -1.90. The van der Waals surface area contributed by atoms with E-state index in [0.717, 1.165) is 23.2 Å². The molecule has 3 aliphatic rings. The minimum Gasteiger partial charge on any atom is -0.274 e. The van der Waals surface area contributed by atoms with Gasteiger partial charge in [-0.25, -0.2) is 4.90 Å². The lowest BCUT2D eigenvalue weighted by Gasteiger charge is -2.28. The lowest BCUT2D eigenvalue weighted by molar-refractivity contribution is -0.127. The van der Waals surface area contributed by atoms with Crippen molar-refractivity contribution in [1.29, 1.82) is 0 Å². The minimum absolute atomic E-state index is 0.00805. The van der Waals surface area contributed by atoms with Gasteiger partial charge >= 0.3 is 0 Å². The lowest BCUT2D eigenvalue weighted by Crippen LogP contribution is -2.37. The molecular weight excluding hydrogens is 262 g/mol. The van der Waals surface area contributed by atoms with E-state index in [2.05, 4.69) is 12.2 Å². The fourth-order valence-corrected chi connectivity index (χ4v) is 4.59. The fraction of sp³-hybridized carbons (Fsp3) is 0.444. The first kappa shape index (κ1) is 12.8. The van der Waals surface area contributed by atoms with Gasteiger partial charge in [-0.3, -0.25) is 9.59 Å². The quantitative estimate of drug-likeness (QED) is 0.586. The summed E-state index contributed by atoms with van der Waals surface area (Å²) in [6.45, 7) is 5.96. The molecule has 2 fully saturated rings. The molecule has 0 N–H and O–H groups in total. The predicted octanol–water partition coefficient (Wildman–Crippen LogP) is 3.01. The smallest absolute Gasteiger partial charge is 0.241 e. The Bertz CT molecular complexity index is 705. The number of amides is 2. The molecule has 0 spiro atoms. The van der Waals surface area contributed by atoms with Gasteiger partial charge in [0, 0.05) is 0 Å². The van der Waals surface area contributed by atoms with Gasteiger partial charge < -0.3 is 0 Å². The summed E-state index contributed by atoms with van der Waals surface area (Å²) in [6.07, 6.45) is 5.23. The number of carbonyl (C=O) groups excluding carboxylic acids is 2. The molecule has 4 atom stereocenters. The molecular formula is C18H19NO2. The van der Waals surface area contributed by atoms with Crippen LogP contribution in [0, 0.1) is 37.0 Å². The van der Waals surface area contributed by atoms with Crippen molar-refractivity contribution in [1.82, 2.24) is 0 Å². The van der Waals surface area contributed by atoms with Gasteiger partial charge in [0.05, 0.1) is 17.0 Å². The van der Waals surface area contributed by atoms with E-state index in [9.17, 15) is 9.59 Å². The van der Waals surface area contributed by atoms with Crippen molar-refractivity contribution in [2.45, 2.75) is 27.2 Å². The number of hydrogen-bond donors (Lipinski definition) is 0. The van der Waals surface area contributed by atoms with Crippen LogP contribution in [0.5, 0.6) is 0 Å². The largest absolute Gasteiger partial charge is 0.274 e. The van der Waals surface area contributed by atoms with Crippen molar-refractivity contribution in [3.8, 4) is 0 Å². The van der Waals surface area contributed by atoms with Crippen LogP contribution in [0.1, 0.15) is 24.5 Å². The molecule has 3 nitrogen and oxygen atoms in total. The SMILES string of the molecule is Cc1ccc(N2C(=O)[C@H]3[C@H]4C=C[C@@H](C4)[C@]3(C)C2=O)c(C)c1. The van der Waals surface area contributed by atoms with Crippen molar-refractivity contribution in [2.75, 3.05) is 4.90 Å². The highest BCUT2D eigenvalue weighted by molar-refractivity contribution is 6.24. The predicted molar refractivity (Wildman–Crippen MR) is 80.7 cm³/mol.